The van der Waals surface area contributed by atoms with Crippen LogP contribution in [0.1, 0.15) is 43.6 Å². The minimum Gasteiger partial charge on any atom is -0.373 e. The molecule has 2 rings (SSSR count). The van der Waals surface area contributed by atoms with E-state index in [0.717, 1.165) is 24.0 Å². The van der Waals surface area contributed by atoms with Crippen molar-refractivity contribution in [1.82, 2.24) is 0 Å². The Balaban J connectivity index is 1.80. The van der Waals surface area contributed by atoms with E-state index >= 15 is 0 Å². The van der Waals surface area contributed by atoms with Gasteiger partial charge in [0.2, 0.25) is 0 Å². The van der Waals surface area contributed by atoms with E-state index in [1.165, 1.54) is 24.1 Å². The summed E-state index contributed by atoms with van der Waals surface area (Å²) in [6, 6.07) is 2.11. The number of rotatable bonds is 3. The molecule has 1 aromatic rings. The molecule has 0 spiro atoms. The Morgan fingerprint density at radius 1 is 1.37 bits per heavy atom. The average molecular weight is 277 g/mol. The molecule has 104 valence electrons. The first-order chi connectivity index (χ1) is 9.19. The van der Waals surface area contributed by atoms with Gasteiger partial charge in [-0.15, -0.1) is 11.3 Å². The summed E-state index contributed by atoms with van der Waals surface area (Å²) < 4.78 is 6.04. The van der Waals surface area contributed by atoms with Crippen LogP contribution < -0.4 is 5.73 Å². The second-order valence-corrected chi connectivity index (χ2v) is 6.50. The zero-order valence-corrected chi connectivity index (χ0v) is 12.6. The molecule has 0 amide bonds. The van der Waals surface area contributed by atoms with Crippen LogP contribution >= 0.6 is 11.3 Å². The molecular weight excluding hydrogens is 254 g/mol. The highest BCUT2D eigenvalue weighted by Gasteiger charge is 2.24. The Hall–Kier alpha value is -0.820. The summed E-state index contributed by atoms with van der Waals surface area (Å²) in [5.74, 6) is 7.57. The summed E-state index contributed by atoms with van der Waals surface area (Å²) in [6.07, 6.45) is 4.14. The Morgan fingerprint density at radius 2 is 2.21 bits per heavy atom. The lowest BCUT2D eigenvalue weighted by Crippen LogP contribution is -2.26. The third kappa shape index (κ3) is 4.35. The van der Waals surface area contributed by atoms with E-state index in [1.54, 1.807) is 11.3 Å². The van der Waals surface area contributed by atoms with Crippen LogP contribution in [0, 0.1) is 23.7 Å². The van der Waals surface area contributed by atoms with Gasteiger partial charge in [0.05, 0.1) is 19.3 Å². The molecule has 3 unspecified atom stereocenters. The molecule has 1 heterocycles. The topological polar surface area (TPSA) is 35.2 Å². The monoisotopic (exact) mass is 277 g/mol. The summed E-state index contributed by atoms with van der Waals surface area (Å²) in [5.41, 5.74) is 6.42. The summed E-state index contributed by atoms with van der Waals surface area (Å²) in [5, 5.41) is 2.08. The minimum atomic E-state index is 0.416. The van der Waals surface area contributed by atoms with E-state index in [2.05, 4.69) is 37.1 Å². The van der Waals surface area contributed by atoms with Crippen LogP contribution in [-0.4, -0.2) is 12.6 Å². The molecule has 0 aliphatic heterocycles. The molecule has 2 N–H and O–H groups in total. The van der Waals surface area contributed by atoms with Crippen LogP contribution in [0.3, 0.4) is 0 Å². The maximum Gasteiger partial charge on any atom is 0.0813 e. The fraction of sp³-hybridized carbons (Fsp3) is 0.625. The van der Waals surface area contributed by atoms with Gasteiger partial charge >= 0.3 is 0 Å². The van der Waals surface area contributed by atoms with E-state index in [-0.39, 0.29) is 0 Å². The molecule has 1 aromatic heterocycles. The van der Waals surface area contributed by atoms with Crippen molar-refractivity contribution in [3.05, 3.63) is 21.9 Å². The van der Waals surface area contributed by atoms with Gasteiger partial charge in [0.15, 0.2) is 0 Å². The quantitative estimate of drug-likeness (QED) is 0.859. The predicted octanol–water partition coefficient (Wildman–Crippen LogP) is 3.40. The Bertz CT molecular complexity index is 457. The van der Waals surface area contributed by atoms with E-state index in [1.807, 2.05) is 0 Å². The molecule has 0 radical (unpaired) electrons. The first-order valence-electron chi connectivity index (χ1n) is 7.07. The van der Waals surface area contributed by atoms with Gasteiger partial charge in [-0.05, 0) is 37.2 Å². The third-order valence-corrected chi connectivity index (χ3v) is 4.91. The van der Waals surface area contributed by atoms with Crippen LogP contribution in [-0.2, 0) is 11.3 Å². The van der Waals surface area contributed by atoms with Crippen LogP contribution in [0.15, 0.2) is 11.4 Å². The number of hydrogen-bond acceptors (Lipinski definition) is 3. The van der Waals surface area contributed by atoms with Gasteiger partial charge < -0.3 is 10.5 Å². The van der Waals surface area contributed by atoms with Crippen molar-refractivity contribution in [1.29, 1.82) is 0 Å². The molecule has 1 saturated carbocycles. The number of hydrogen-bond donors (Lipinski definition) is 1. The maximum absolute atomic E-state index is 6.04. The standard InChI is InChI=1S/C16H23NOS/c1-12-5-6-15(8-13(12)2)18-10-16-9-14(11-19-16)4-3-7-17/h9,11-13,15H,5-8,10,17H2,1-2H3. The second-order valence-electron chi connectivity index (χ2n) is 5.51. The smallest absolute Gasteiger partial charge is 0.0813 e. The molecule has 0 aromatic carbocycles. The first-order valence-corrected chi connectivity index (χ1v) is 7.95. The van der Waals surface area contributed by atoms with Crippen molar-refractivity contribution in [3.8, 4) is 11.8 Å². The zero-order valence-electron chi connectivity index (χ0n) is 11.8. The van der Waals surface area contributed by atoms with Gasteiger partial charge in [-0.2, -0.15) is 0 Å². The van der Waals surface area contributed by atoms with Gasteiger partial charge in [-0.25, -0.2) is 0 Å². The molecule has 1 fully saturated rings. The lowest BCUT2D eigenvalue weighted by Gasteiger charge is -2.31. The van der Waals surface area contributed by atoms with E-state index < -0.39 is 0 Å². The fourth-order valence-electron chi connectivity index (χ4n) is 2.52. The largest absolute Gasteiger partial charge is 0.373 e. The van der Waals surface area contributed by atoms with Crippen molar-refractivity contribution >= 4 is 11.3 Å². The minimum absolute atomic E-state index is 0.416. The van der Waals surface area contributed by atoms with Crippen LogP contribution in [0.4, 0.5) is 0 Å². The maximum atomic E-state index is 6.04. The molecule has 2 nitrogen and oxygen atoms in total. The Labute approximate surface area is 120 Å². The van der Waals surface area contributed by atoms with Crippen molar-refractivity contribution < 1.29 is 4.74 Å². The van der Waals surface area contributed by atoms with E-state index in [4.69, 9.17) is 10.5 Å². The van der Waals surface area contributed by atoms with Crippen LogP contribution in [0.2, 0.25) is 0 Å². The lowest BCUT2D eigenvalue weighted by molar-refractivity contribution is -0.00634. The van der Waals surface area contributed by atoms with Gasteiger partial charge in [-0.1, -0.05) is 25.7 Å². The third-order valence-electron chi connectivity index (χ3n) is 4.00. The number of nitrogens with two attached hydrogens (primary N) is 1. The summed E-state index contributed by atoms with van der Waals surface area (Å²) in [4.78, 5) is 1.26. The van der Waals surface area contributed by atoms with Gasteiger partial charge in [0, 0.05) is 15.8 Å². The zero-order chi connectivity index (χ0) is 13.7. The van der Waals surface area contributed by atoms with Crippen molar-refractivity contribution in [2.45, 2.75) is 45.8 Å². The molecule has 3 heteroatoms. The normalized spacial score (nSPS) is 26.8. The fourth-order valence-corrected chi connectivity index (χ4v) is 3.26. The Kier molecular flexibility index (Phi) is 5.45. The summed E-state index contributed by atoms with van der Waals surface area (Å²) in [7, 11) is 0. The highest BCUT2D eigenvalue weighted by atomic mass is 32.1. The van der Waals surface area contributed by atoms with Crippen molar-refractivity contribution in [2.75, 3.05) is 6.54 Å². The molecule has 0 saturated heterocycles. The van der Waals surface area contributed by atoms with Gasteiger partial charge in [0.25, 0.3) is 0 Å². The number of ether oxygens (including phenoxy) is 1. The van der Waals surface area contributed by atoms with Crippen LogP contribution in [0.25, 0.3) is 0 Å². The summed E-state index contributed by atoms with van der Waals surface area (Å²) in [6.45, 7) is 5.83. The molecule has 1 aliphatic rings. The summed E-state index contributed by atoms with van der Waals surface area (Å²) >= 11 is 1.72. The number of thiophene rings is 1. The molecule has 0 bridgehead atoms. The highest BCUT2D eigenvalue weighted by molar-refractivity contribution is 7.10. The molecular formula is C16H23NOS. The van der Waals surface area contributed by atoms with Crippen LogP contribution in [0.5, 0.6) is 0 Å². The van der Waals surface area contributed by atoms with Crippen molar-refractivity contribution in [2.24, 2.45) is 17.6 Å². The predicted molar refractivity (Wildman–Crippen MR) is 81.0 cm³/mol. The first kappa shape index (κ1) is 14.6. The van der Waals surface area contributed by atoms with E-state index in [9.17, 15) is 0 Å². The molecule has 19 heavy (non-hydrogen) atoms. The van der Waals surface area contributed by atoms with Gasteiger partial charge in [0.1, 0.15) is 0 Å². The lowest BCUT2D eigenvalue weighted by atomic mass is 9.80. The van der Waals surface area contributed by atoms with Crippen molar-refractivity contribution in [3.63, 3.8) is 0 Å². The molecule has 1 aliphatic carbocycles. The molecule has 3 atom stereocenters. The average Bonchev–Trinajstić information content (AvgIpc) is 2.86. The van der Waals surface area contributed by atoms with E-state index in [0.29, 0.717) is 12.6 Å². The second kappa shape index (κ2) is 7.09. The highest BCUT2D eigenvalue weighted by Crippen LogP contribution is 2.31. The van der Waals surface area contributed by atoms with Gasteiger partial charge in [-0.3, -0.25) is 0 Å². The SMILES string of the molecule is CC1CCC(OCc2cc(C#CCN)cs2)CC1C. The Morgan fingerprint density at radius 3 is 2.95 bits per heavy atom.